The molecule has 6 N–H and O–H groups in total. The Morgan fingerprint density at radius 1 is 1.14 bits per heavy atom. The first kappa shape index (κ1) is 26.3. The molecule has 216 valence electrons. The maximum atomic E-state index is 16.1. The van der Waals surface area contributed by atoms with Crippen LogP contribution in [0, 0.1) is 17.1 Å². The summed E-state index contributed by atoms with van der Waals surface area (Å²) in [6, 6.07) is 13.3. The molecule has 4 aromatic rings. The van der Waals surface area contributed by atoms with Crippen LogP contribution in [0.4, 0.5) is 10.1 Å². The molecule has 1 amide bonds. The van der Waals surface area contributed by atoms with E-state index in [0.717, 1.165) is 30.2 Å². The van der Waals surface area contributed by atoms with Crippen molar-refractivity contribution in [3.63, 3.8) is 0 Å². The van der Waals surface area contributed by atoms with Gasteiger partial charge in [0, 0.05) is 38.4 Å². The number of benzene rings is 3. The van der Waals surface area contributed by atoms with Crippen molar-refractivity contribution in [1.29, 1.82) is 5.41 Å². The Hall–Kier alpha value is -4.64. The number of halogens is 1. The molecule has 3 aliphatic heterocycles. The van der Waals surface area contributed by atoms with Crippen LogP contribution in [0.25, 0.3) is 27.4 Å². The van der Waals surface area contributed by atoms with Crippen LogP contribution in [0.2, 0.25) is 0 Å². The summed E-state index contributed by atoms with van der Waals surface area (Å²) in [5.41, 5.74) is 6.13. The molecule has 3 aliphatic rings. The second kappa shape index (κ2) is 10.3. The van der Waals surface area contributed by atoms with Crippen molar-refractivity contribution >= 4 is 39.2 Å². The molecule has 2 atom stereocenters. The number of hydrogen-bond donors (Lipinski definition) is 5. The number of nitrogens with two attached hydrogens (primary N) is 1. The van der Waals surface area contributed by atoms with Gasteiger partial charge in [0.2, 0.25) is 5.43 Å². The number of anilines is 1. The van der Waals surface area contributed by atoms with Gasteiger partial charge in [0.15, 0.2) is 23.3 Å². The van der Waals surface area contributed by atoms with Crippen LogP contribution in [0.5, 0.6) is 11.5 Å². The molecule has 3 aromatic carbocycles. The van der Waals surface area contributed by atoms with Crippen molar-refractivity contribution < 1.29 is 13.9 Å². The number of carbonyl (C=O) groups is 1. The minimum Gasteiger partial charge on any atom is -0.451 e. The lowest BCUT2D eigenvalue weighted by molar-refractivity contribution is 0.0952. The number of aromatic nitrogens is 1. The summed E-state index contributed by atoms with van der Waals surface area (Å²) in [5, 5.41) is 18.3. The fourth-order valence-corrected chi connectivity index (χ4v) is 6.58. The topological polar surface area (TPSA) is 138 Å². The second-order valence-corrected chi connectivity index (χ2v) is 11.3. The van der Waals surface area contributed by atoms with Crippen molar-refractivity contribution in [3.8, 4) is 17.2 Å². The van der Waals surface area contributed by atoms with E-state index < -0.39 is 17.2 Å². The molecule has 0 spiro atoms. The number of pyridine rings is 1. The number of hydrogen-bond acceptors (Lipinski definition) is 6. The Balaban J connectivity index is 1.37. The van der Waals surface area contributed by atoms with Crippen LogP contribution < -0.4 is 36.7 Å². The van der Waals surface area contributed by atoms with E-state index in [0.29, 0.717) is 60.4 Å². The zero-order chi connectivity index (χ0) is 29.0. The zero-order valence-corrected chi connectivity index (χ0v) is 23.0. The largest absolute Gasteiger partial charge is 0.451 e. The normalized spacial score (nSPS) is 18.8. The molecule has 7 rings (SSSR count). The van der Waals surface area contributed by atoms with Crippen LogP contribution in [-0.2, 0) is 0 Å². The van der Waals surface area contributed by atoms with Crippen molar-refractivity contribution in [1.82, 2.24) is 20.5 Å². The predicted molar refractivity (Wildman–Crippen MR) is 161 cm³/mol. The SMILES string of the molecule is N=C(N)NCCCNC(=O)c1cn2c3c(c(N4CC5CCCNC5C4)c(F)cc3c1=O)Oc1cc3ccccc3cc1-2. The standard InChI is InChI=1S/C31H32FN7O3/c32-22-13-20-26-29(27(22)38-14-19-7-3-8-35-23(19)16-38)42-25-12-18-6-2-1-5-17(18)11-24(25)39(26)15-21(28(20)40)30(41)36-9-4-10-37-31(33)34/h1-2,5-6,11-13,15,19,23,35H,3-4,7-10,14,16H2,(H,36,41)(H4,33,34,37). The summed E-state index contributed by atoms with van der Waals surface area (Å²) in [4.78, 5) is 29.0. The number of carbonyl (C=O) groups excluding carboxylic acids is 1. The molecule has 11 heteroatoms. The van der Waals surface area contributed by atoms with Gasteiger partial charge in [-0.15, -0.1) is 0 Å². The van der Waals surface area contributed by atoms with E-state index in [1.807, 2.05) is 41.3 Å². The molecular formula is C31H32FN7O3. The third-order valence-electron chi connectivity index (χ3n) is 8.58. The van der Waals surface area contributed by atoms with Gasteiger partial charge < -0.3 is 35.9 Å². The van der Waals surface area contributed by atoms with Gasteiger partial charge in [0.05, 0.1) is 11.1 Å². The lowest BCUT2D eigenvalue weighted by atomic mass is 9.94. The summed E-state index contributed by atoms with van der Waals surface area (Å²) >= 11 is 0. The van der Waals surface area contributed by atoms with Gasteiger partial charge in [-0.3, -0.25) is 15.0 Å². The average molecular weight is 570 g/mol. The van der Waals surface area contributed by atoms with E-state index >= 15 is 4.39 Å². The molecule has 2 saturated heterocycles. The lowest BCUT2D eigenvalue weighted by Gasteiger charge is -2.29. The second-order valence-electron chi connectivity index (χ2n) is 11.3. The van der Waals surface area contributed by atoms with Crippen molar-refractivity contribution in [2.45, 2.75) is 25.3 Å². The van der Waals surface area contributed by atoms with Gasteiger partial charge >= 0.3 is 0 Å². The van der Waals surface area contributed by atoms with Crippen LogP contribution >= 0.6 is 0 Å². The molecule has 0 saturated carbocycles. The van der Waals surface area contributed by atoms with E-state index in [2.05, 4.69) is 16.0 Å². The maximum Gasteiger partial charge on any atom is 0.256 e. The molecule has 2 unspecified atom stereocenters. The summed E-state index contributed by atoms with van der Waals surface area (Å²) in [5.74, 6) is -0.0114. The predicted octanol–water partition coefficient (Wildman–Crippen LogP) is 3.18. The molecule has 0 aliphatic carbocycles. The van der Waals surface area contributed by atoms with Gasteiger partial charge in [0.25, 0.3) is 5.91 Å². The molecule has 10 nitrogen and oxygen atoms in total. The van der Waals surface area contributed by atoms with Crippen molar-refractivity contribution in [3.05, 3.63) is 70.3 Å². The molecule has 2 fully saturated rings. The first-order valence-corrected chi connectivity index (χ1v) is 14.4. The number of piperidine rings is 1. The van der Waals surface area contributed by atoms with Gasteiger partial charge in [-0.25, -0.2) is 4.39 Å². The minimum absolute atomic E-state index is 0.0856. The Bertz CT molecular complexity index is 1810. The van der Waals surface area contributed by atoms with E-state index in [9.17, 15) is 9.59 Å². The summed E-state index contributed by atoms with van der Waals surface area (Å²) in [7, 11) is 0. The molecule has 0 bridgehead atoms. The van der Waals surface area contributed by atoms with Crippen LogP contribution in [-0.4, -0.2) is 55.2 Å². The highest BCUT2D eigenvalue weighted by Gasteiger charge is 2.38. The maximum absolute atomic E-state index is 16.1. The van der Waals surface area contributed by atoms with E-state index in [1.54, 1.807) is 10.8 Å². The average Bonchev–Trinajstić information content (AvgIpc) is 3.40. The third kappa shape index (κ3) is 4.40. The van der Waals surface area contributed by atoms with E-state index in [4.69, 9.17) is 15.9 Å². The summed E-state index contributed by atoms with van der Waals surface area (Å²) in [6.07, 6.45) is 4.23. The fraction of sp³-hybridized carbons (Fsp3) is 0.323. The highest BCUT2D eigenvalue weighted by molar-refractivity contribution is 6.02. The van der Waals surface area contributed by atoms with Gasteiger partial charge in [-0.1, -0.05) is 24.3 Å². The molecule has 1 aromatic heterocycles. The van der Waals surface area contributed by atoms with Gasteiger partial charge in [-0.2, -0.15) is 0 Å². The molecule has 42 heavy (non-hydrogen) atoms. The number of amides is 1. The highest BCUT2D eigenvalue weighted by Crippen LogP contribution is 2.48. The number of nitrogens with one attached hydrogen (secondary N) is 4. The van der Waals surface area contributed by atoms with Crippen LogP contribution in [0.1, 0.15) is 29.6 Å². The van der Waals surface area contributed by atoms with Crippen molar-refractivity contribution in [2.24, 2.45) is 11.7 Å². The quantitative estimate of drug-likeness (QED) is 0.120. The van der Waals surface area contributed by atoms with E-state index in [1.165, 1.54) is 6.07 Å². The summed E-state index contributed by atoms with van der Waals surface area (Å²) in [6.45, 7) is 2.98. The number of fused-ring (bicyclic) bond motifs is 4. The molecule has 4 heterocycles. The van der Waals surface area contributed by atoms with E-state index in [-0.39, 0.29) is 29.5 Å². The fourth-order valence-electron chi connectivity index (χ4n) is 6.58. The number of rotatable bonds is 6. The Kier molecular flexibility index (Phi) is 6.46. The number of nitrogens with zero attached hydrogens (tertiary/aromatic N) is 2. The van der Waals surface area contributed by atoms with Crippen LogP contribution in [0.15, 0.2) is 53.5 Å². The van der Waals surface area contributed by atoms with Gasteiger partial charge in [0.1, 0.15) is 16.8 Å². The molecular weight excluding hydrogens is 537 g/mol. The lowest BCUT2D eigenvalue weighted by Crippen LogP contribution is -2.40. The first-order valence-electron chi connectivity index (χ1n) is 14.4. The van der Waals surface area contributed by atoms with Crippen LogP contribution in [0.3, 0.4) is 0 Å². The third-order valence-corrected chi connectivity index (χ3v) is 8.58. The highest BCUT2D eigenvalue weighted by atomic mass is 19.1. The summed E-state index contributed by atoms with van der Waals surface area (Å²) < 4.78 is 24.4. The number of guanidine groups is 1. The Morgan fingerprint density at radius 2 is 1.93 bits per heavy atom. The Labute approximate surface area is 241 Å². The monoisotopic (exact) mass is 569 g/mol. The Morgan fingerprint density at radius 3 is 2.71 bits per heavy atom. The van der Waals surface area contributed by atoms with Crippen molar-refractivity contribution in [2.75, 3.05) is 37.6 Å². The minimum atomic E-state index is -0.558. The number of ether oxygens (including phenoxy) is 1. The molecule has 0 radical (unpaired) electrons. The smallest absolute Gasteiger partial charge is 0.256 e. The zero-order valence-electron chi connectivity index (χ0n) is 23.0. The van der Waals surface area contributed by atoms with Gasteiger partial charge in [-0.05, 0) is 60.7 Å². The first-order chi connectivity index (χ1) is 20.4.